The maximum atomic E-state index is 12.7. The molecule has 2 aromatic carbocycles. The molecule has 2 N–H and O–H groups in total. The van der Waals surface area contributed by atoms with Gasteiger partial charge < -0.3 is 10.4 Å². The molecule has 0 heterocycles. The largest absolute Gasteiger partial charge is 0.372 e. The zero-order chi connectivity index (χ0) is 17.4. The van der Waals surface area contributed by atoms with Gasteiger partial charge in [-0.25, -0.2) is 0 Å². The van der Waals surface area contributed by atoms with Gasteiger partial charge in [0, 0.05) is 0 Å². The highest BCUT2D eigenvalue weighted by atomic mass is 16.3. The molecular weight excluding hydrogens is 300 g/mol. The Morgan fingerprint density at radius 2 is 1.50 bits per heavy atom. The molecule has 0 saturated carbocycles. The van der Waals surface area contributed by atoms with Gasteiger partial charge in [-0.1, -0.05) is 72.5 Å². The third-order valence-electron chi connectivity index (χ3n) is 3.57. The highest BCUT2D eigenvalue weighted by Gasteiger charge is 2.39. The summed E-state index contributed by atoms with van der Waals surface area (Å²) in [7, 11) is 3.85. The Kier molecular flexibility index (Phi) is 6.14. The van der Waals surface area contributed by atoms with Crippen LogP contribution in [0.25, 0.3) is 0 Å². The molecule has 0 atom stereocenters. The Hall–Kier alpha value is -2.61. The van der Waals surface area contributed by atoms with E-state index in [1.807, 2.05) is 31.1 Å². The molecule has 0 aliphatic heterocycles. The van der Waals surface area contributed by atoms with Crippen LogP contribution in [0.5, 0.6) is 0 Å². The fourth-order valence-electron chi connectivity index (χ4n) is 2.32. The maximum Gasteiger partial charge on any atom is 0.262 e. The Balaban J connectivity index is 2.23. The van der Waals surface area contributed by atoms with Crippen LogP contribution < -0.4 is 5.32 Å². The number of rotatable bonds is 5. The van der Waals surface area contributed by atoms with Crippen LogP contribution in [0, 0.1) is 11.8 Å². The SMILES string of the molecule is CN(C)CC#CCNC(=O)C(O)(c1ccccc1)c1ccccc1. The predicted octanol–water partition coefficient (Wildman–Crippen LogP) is 1.60. The topological polar surface area (TPSA) is 52.6 Å². The van der Waals surface area contributed by atoms with Crippen LogP contribution in [0.2, 0.25) is 0 Å². The zero-order valence-electron chi connectivity index (χ0n) is 14.0. The van der Waals surface area contributed by atoms with Crippen molar-refractivity contribution in [1.29, 1.82) is 0 Å². The summed E-state index contributed by atoms with van der Waals surface area (Å²) in [6.45, 7) is 0.812. The van der Waals surface area contributed by atoms with Crippen molar-refractivity contribution in [3.63, 3.8) is 0 Å². The molecule has 2 aromatic rings. The van der Waals surface area contributed by atoms with E-state index in [4.69, 9.17) is 0 Å². The summed E-state index contributed by atoms with van der Waals surface area (Å²) in [5, 5.41) is 13.9. The second-order valence-corrected chi connectivity index (χ2v) is 5.72. The molecule has 0 bridgehead atoms. The number of amides is 1. The molecule has 0 aliphatic carbocycles. The van der Waals surface area contributed by atoms with Crippen LogP contribution in [0.1, 0.15) is 11.1 Å². The number of nitrogens with zero attached hydrogens (tertiary/aromatic N) is 1. The second kappa shape index (κ2) is 8.30. The summed E-state index contributed by atoms with van der Waals surface area (Å²) in [5.74, 6) is 5.35. The molecule has 0 spiro atoms. The molecule has 124 valence electrons. The highest BCUT2D eigenvalue weighted by molar-refractivity contribution is 5.90. The van der Waals surface area contributed by atoms with Crippen LogP contribution in [-0.4, -0.2) is 43.1 Å². The van der Waals surface area contributed by atoms with E-state index in [0.717, 1.165) is 0 Å². The molecule has 0 unspecified atom stereocenters. The quantitative estimate of drug-likeness (QED) is 0.822. The third-order valence-corrected chi connectivity index (χ3v) is 3.57. The first kappa shape index (κ1) is 17.7. The summed E-state index contributed by atoms with van der Waals surface area (Å²) in [6.07, 6.45) is 0. The number of nitrogens with one attached hydrogen (secondary N) is 1. The van der Waals surface area contributed by atoms with E-state index < -0.39 is 11.5 Å². The summed E-state index contributed by atoms with van der Waals surface area (Å²) in [4.78, 5) is 14.7. The minimum atomic E-state index is -1.74. The molecular formula is C20H22N2O2. The van der Waals surface area contributed by atoms with Crippen molar-refractivity contribution in [2.45, 2.75) is 5.60 Å². The van der Waals surface area contributed by atoms with Crippen molar-refractivity contribution < 1.29 is 9.90 Å². The lowest BCUT2D eigenvalue weighted by Gasteiger charge is -2.27. The third kappa shape index (κ3) is 4.23. The number of carbonyl (C=O) groups excluding carboxylic acids is 1. The highest BCUT2D eigenvalue weighted by Crippen LogP contribution is 2.29. The second-order valence-electron chi connectivity index (χ2n) is 5.72. The van der Waals surface area contributed by atoms with Crippen LogP contribution in [0.3, 0.4) is 0 Å². The average Bonchev–Trinajstić information content (AvgIpc) is 2.61. The van der Waals surface area contributed by atoms with Gasteiger partial charge in [0.15, 0.2) is 5.60 Å². The van der Waals surface area contributed by atoms with Crippen molar-refractivity contribution in [3.8, 4) is 11.8 Å². The van der Waals surface area contributed by atoms with Crippen molar-refractivity contribution in [2.24, 2.45) is 0 Å². The average molecular weight is 322 g/mol. The van der Waals surface area contributed by atoms with Gasteiger partial charge in [0.05, 0.1) is 13.1 Å². The van der Waals surface area contributed by atoms with Gasteiger partial charge in [0.25, 0.3) is 5.91 Å². The number of hydrogen-bond donors (Lipinski definition) is 2. The van der Waals surface area contributed by atoms with E-state index in [9.17, 15) is 9.90 Å². The van der Waals surface area contributed by atoms with Gasteiger partial charge >= 0.3 is 0 Å². The van der Waals surface area contributed by atoms with Crippen LogP contribution >= 0.6 is 0 Å². The van der Waals surface area contributed by atoms with Crippen molar-refractivity contribution in [2.75, 3.05) is 27.2 Å². The van der Waals surface area contributed by atoms with Gasteiger partial charge in [-0.2, -0.15) is 0 Å². The number of hydrogen-bond acceptors (Lipinski definition) is 3. The van der Waals surface area contributed by atoms with Gasteiger partial charge in [0.2, 0.25) is 0 Å². The molecule has 4 nitrogen and oxygen atoms in total. The first-order valence-corrected chi connectivity index (χ1v) is 7.77. The van der Waals surface area contributed by atoms with E-state index >= 15 is 0 Å². The molecule has 1 amide bonds. The van der Waals surface area contributed by atoms with E-state index in [-0.39, 0.29) is 6.54 Å². The monoisotopic (exact) mass is 322 g/mol. The van der Waals surface area contributed by atoms with Crippen LogP contribution in [0.15, 0.2) is 60.7 Å². The van der Waals surface area contributed by atoms with Gasteiger partial charge in [-0.3, -0.25) is 9.69 Å². The predicted molar refractivity (Wildman–Crippen MR) is 95.2 cm³/mol. The summed E-state index contributed by atoms with van der Waals surface area (Å²) in [5.41, 5.74) is -0.698. The first-order chi connectivity index (χ1) is 11.5. The molecule has 0 saturated heterocycles. The van der Waals surface area contributed by atoms with Crippen molar-refractivity contribution >= 4 is 5.91 Å². The van der Waals surface area contributed by atoms with Gasteiger partial charge in [-0.05, 0) is 25.2 Å². The van der Waals surface area contributed by atoms with E-state index in [1.165, 1.54) is 0 Å². The summed E-state index contributed by atoms with van der Waals surface area (Å²) in [6, 6.07) is 17.9. The fraction of sp³-hybridized carbons (Fsp3) is 0.250. The lowest BCUT2D eigenvalue weighted by molar-refractivity contribution is -0.136. The maximum absolute atomic E-state index is 12.7. The smallest absolute Gasteiger partial charge is 0.262 e. The minimum absolute atomic E-state index is 0.189. The van der Waals surface area contributed by atoms with Crippen molar-refractivity contribution in [3.05, 3.63) is 71.8 Å². The standard InChI is InChI=1S/C20H22N2O2/c1-22(2)16-10-9-15-21-19(23)20(24,17-11-5-3-6-12-17)18-13-7-4-8-14-18/h3-8,11-14,24H,15-16H2,1-2H3,(H,21,23). The lowest BCUT2D eigenvalue weighted by Crippen LogP contribution is -2.45. The van der Waals surface area contributed by atoms with E-state index in [1.54, 1.807) is 48.5 Å². The molecule has 0 aliphatic rings. The summed E-state index contributed by atoms with van der Waals surface area (Å²) >= 11 is 0. The molecule has 0 aromatic heterocycles. The Morgan fingerprint density at radius 1 is 1.00 bits per heavy atom. The van der Waals surface area contributed by atoms with E-state index in [0.29, 0.717) is 17.7 Å². The number of aliphatic hydroxyl groups is 1. The lowest BCUT2D eigenvalue weighted by atomic mass is 9.85. The van der Waals surface area contributed by atoms with Crippen LogP contribution in [-0.2, 0) is 10.4 Å². The minimum Gasteiger partial charge on any atom is -0.372 e. The Bertz CT molecular complexity index is 676. The van der Waals surface area contributed by atoms with Crippen molar-refractivity contribution in [1.82, 2.24) is 10.2 Å². The van der Waals surface area contributed by atoms with E-state index in [2.05, 4.69) is 17.2 Å². The Labute approximate surface area is 143 Å². The molecule has 0 radical (unpaired) electrons. The fourth-order valence-corrected chi connectivity index (χ4v) is 2.32. The van der Waals surface area contributed by atoms with Gasteiger partial charge in [-0.15, -0.1) is 0 Å². The Morgan fingerprint density at radius 3 is 1.96 bits per heavy atom. The normalized spacial score (nSPS) is 10.8. The molecule has 2 rings (SSSR count). The first-order valence-electron chi connectivity index (χ1n) is 7.77. The zero-order valence-corrected chi connectivity index (χ0v) is 14.0. The van der Waals surface area contributed by atoms with Gasteiger partial charge in [0.1, 0.15) is 0 Å². The molecule has 24 heavy (non-hydrogen) atoms. The molecule has 4 heteroatoms. The summed E-state index contributed by atoms with van der Waals surface area (Å²) < 4.78 is 0. The number of benzene rings is 2. The molecule has 0 fully saturated rings. The van der Waals surface area contributed by atoms with Crippen LogP contribution in [0.4, 0.5) is 0 Å². The number of carbonyl (C=O) groups is 1.